The summed E-state index contributed by atoms with van der Waals surface area (Å²) in [4.78, 5) is 121. The van der Waals surface area contributed by atoms with Gasteiger partial charge in [0.25, 0.3) is 17.4 Å². The van der Waals surface area contributed by atoms with Crippen molar-refractivity contribution in [2.45, 2.75) is 110 Å². The first-order valence-electron chi connectivity index (χ1n) is 24.3. The van der Waals surface area contributed by atoms with E-state index >= 15 is 0 Å². The highest BCUT2D eigenvalue weighted by Gasteiger charge is 2.45. The molecular formula is C51H57N9O14. The van der Waals surface area contributed by atoms with Gasteiger partial charge < -0.3 is 60.9 Å². The third kappa shape index (κ3) is 11.2. The first kappa shape index (κ1) is 52.0. The van der Waals surface area contributed by atoms with Crippen molar-refractivity contribution in [3.05, 3.63) is 92.8 Å². The average molecular weight is 1020 g/mol. The number of rotatable bonds is 21. The predicted octanol–water partition coefficient (Wildman–Crippen LogP) is 2.73. The molecule has 74 heavy (non-hydrogen) atoms. The number of aliphatic hydroxyl groups is 1. The normalized spacial score (nSPS) is 16.8. The number of nitrogens with zero attached hydrogens (tertiary/aromatic N) is 3. The van der Waals surface area contributed by atoms with Gasteiger partial charge in [-0.3, -0.25) is 33.7 Å². The summed E-state index contributed by atoms with van der Waals surface area (Å²) in [6.45, 7) is 5.08. The van der Waals surface area contributed by atoms with E-state index in [1.807, 2.05) is 0 Å². The number of nitrogens with two attached hydrogens (primary N) is 1. The van der Waals surface area contributed by atoms with Crippen molar-refractivity contribution in [1.82, 2.24) is 35.7 Å². The molecule has 3 atom stereocenters. The highest BCUT2D eigenvalue weighted by atomic mass is 16.7. The summed E-state index contributed by atoms with van der Waals surface area (Å²) >= 11 is 0. The third-order valence-electron chi connectivity index (χ3n) is 13.4. The van der Waals surface area contributed by atoms with Crippen LogP contribution < -0.4 is 47.4 Å². The molecule has 23 heteroatoms. The Hall–Kier alpha value is -8.34. The van der Waals surface area contributed by atoms with Crippen LogP contribution in [0, 0.1) is 5.92 Å². The fourth-order valence-corrected chi connectivity index (χ4v) is 9.24. The molecule has 4 aliphatic heterocycles. The Bertz CT molecular complexity index is 3010. The Morgan fingerprint density at radius 2 is 1.61 bits per heavy atom. The van der Waals surface area contributed by atoms with E-state index in [0.29, 0.717) is 75.4 Å². The van der Waals surface area contributed by atoms with E-state index in [4.69, 9.17) is 29.7 Å². The van der Waals surface area contributed by atoms with E-state index in [2.05, 4.69) is 26.6 Å². The molecule has 0 unspecified atom stereocenters. The number of alkyl carbamates (subject to hydrolysis) is 1. The molecule has 0 radical (unpaired) electrons. The van der Waals surface area contributed by atoms with Gasteiger partial charge in [0.1, 0.15) is 25.3 Å². The molecule has 0 aliphatic carbocycles. The van der Waals surface area contributed by atoms with E-state index < -0.39 is 53.2 Å². The van der Waals surface area contributed by atoms with Crippen LogP contribution in [0.3, 0.4) is 0 Å². The van der Waals surface area contributed by atoms with Crippen LogP contribution in [0.4, 0.5) is 15.3 Å². The van der Waals surface area contributed by atoms with Gasteiger partial charge in [-0.15, -0.1) is 0 Å². The van der Waals surface area contributed by atoms with Crippen LogP contribution in [0.15, 0.2) is 59.4 Å². The number of urea groups is 1. The third-order valence-corrected chi connectivity index (χ3v) is 13.4. The number of nitrogens with one attached hydrogen (secondary N) is 5. The molecule has 0 saturated carbocycles. The molecular weight excluding hydrogens is 963 g/mol. The van der Waals surface area contributed by atoms with Crippen LogP contribution in [0.5, 0.6) is 11.5 Å². The largest absolute Gasteiger partial charge is 0.458 e. The Morgan fingerprint density at radius 3 is 2.31 bits per heavy atom. The maximum atomic E-state index is 13.9. The number of unbranched alkanes of at least 4 members (excludes halogenated alkanes) is 2. The lowest BCUT2D eigenvalue weighted by molar-refractivity contribution is -0.172. The van der Waals surface area contributed by atoms with Crippen molar-refractivity contribution in [2.24, 2.45) is 11.7 Å². The topological polar surface area (TPSA) is 318 Å². The molecule has 390 valence electrons. The number of primary amides is 1. The smallest absolute Gasteiger partial charge is 0.407 e. The van der Waals surface area contributed by atoms with E-state index in [-0.39, 0.29) is 107 Å². The molecule has 2 aromatic heterocycles. The van der Waals surface area contributed by atoms with Crippen LogP contribution >= 0.6 is 0 Å². The Labute approximate surface area is 423 Å². The predicted molar refractivity (Wildman–Crippen MR) is 263 cm³/mol. The quantitative estimate of drug-likeness (QED) is 0.0316. The number of benzene rings is 2. The molecule has 0 saturated heterocycles. The second-order valence-corrected chi connectivity index (χ2v) is 18.6. The second kappa shape index (κ2) is 22.2. The lowest BCUT2D eigenvalue weighted by Crippen LogP contribution is -2.54. The number of imide groups is 1. The van der Waals surface area contributed by atoms with Crippen molar-refractivity contribution in [3.8, 4) is 22.9 Å². The molecule has 8 N–H and O–H groups in total. The van der Waals surface area contributed by atoms with Crippen LogP contribution in [0.1, 0.15) is 93.5 Å². The van der Waals surface area contributed by atoms with Crippen molar-refractivity contribution >= 4 is 64.2 Å². The Balaban J connectivity index is 0.881. The summed E-state index contributed by atoms with van der Waals surface area (Å²) in [7, 11) is 0. The minimum absolute atomic E-state index is 0.00621. The first-order valence-corrected chi connectivity index (χ1v) is 24.3. The van der Waals surface area contributed by atoms with Gasteiger partial charge in [0.2, 0.25) is 24.5 Å². The minimum atomic E-state index is -2.02. The number of hydrogen-bond acceptors (Lipinski definition) is 15. The second-order valence-electron chi connectivity index (χ2n) is 18.6. The molecule has 0 spiro atoms. The number of aromatic nitrogens is 2. The Morgan fingerprint density at radius 1 is 0.878 bits per heavy atom. The zero-order valence-corrected chi connectivity index (χ0v) is 41.0. The van der Waals surface area contributed by atoms with Crippen LogP contribution in [-0.2, 0) is 70.1 Å². The van der Waals surface area contributed by atoms with Gasteiger partial charge in [0.05, 0.1) is 29.0 Å². The zero-order valence-electron chi connectivity index (χ0n) is 41.0. The number of carbonyl (C=O) groups is 8. The molecule has 0 bridgehead atoms. The fourth-order valence-electron chi connectivity index (χ4n) is 9.24. The van der Waals surface area contributed by atoms with E-state index in [1.54, 1.807) is 63.2 Å². The summed E-state index contributed by atoms with van der Waals surface area (Å²) < 4.78 is 23.6. The number of hydrogen-bond donors (Lipinski definition) is 7. The first-order chi connectivity index (χ1) is 35.4. The van der Waals surface area contributed by atoms with Crippen LogP contribution in [-0.4, -0.2) is 99.2 Å². The van der Waals surface area contributed by atoms with Gasteiger partial charge in [-0.05, 0) is 73.4 Å². The minimum Gasteiger partial charge on any atom is -0.458 e. The molecule has 4 aromatic rings. The number of carbonyl (C=O) groups excluding carboxylic acids is 8. The zero-order chi connectivity index (χ0) is 52.8. The van der Waals surface area contributed by atoms with Gasteiger partial charge in [0.15, 0.2) is 17.1 Å². The number of esters is 1. The molecule has 2 aromatic carbocycles. The van der Waals surface area contributed by atoms with Crippen molar-refractivity contribution in [1.29, 1.82) is 0 Å². The highest BCUT2D eigenvalue weighted by Crippen LogP contribution is 2.43. The lowest BCUT2D eigenvalue weighted by atomic mass is 9.86. The van der Waals surface area contributed by atoms with Crippen LogP contribution in [0.25, 0.3) is 22.3 Å². The maximum absolute atomic E-state index is 13.9. The van der Waals surface area contributed by atoms with E-state index in [9.17, 15) is 48.3 Å². The molecule has 8 amide bonds. The van der Waals surface area contributed by atoms with Crippen molar-refractivity contribution in [2.75, 3.05) is 25.2 Å². The van der Waals surface area contributed by atoms with Gasteiger partial charge in [0, 0.05) is 66.5 Å². The molecule has 6 heterocycles. The van der Waals surface area contributed by atoms with Gasteiger partial charge in [-0.1, -0.05) is 39.3 Å². The summed E-state index contributed by atoms with van der Waals surface area (Å²) in [6, 6.07) is 8.70. The monoisotopic (exact) mass is 1020 g/mol. The van der Waals surface area contributed by atoms with Crippen molar-refractivity contribution < 1.29 is 62.4 Å². The molecule has 4 aliphatic rings. The van der Waals surface area contributed by atoms with Crippen LogP contribution in [0.2, 0.25) is 0 Å². The summed E-state index contributed by atoms with van der Waals surface area (Å²) in [5, 5.41) is 25.5. The molecule has 23 nitrogen and oxygen atoms in total. The number of anilines is 1. The lowest BCUT2D eigenvalue weighted by Gasteiger charge is -2.31. The maximum Gasteiger partial charge on any atom is 0.407 e. The number of amides is 8. The summed E-state index contributed by atoms with van der Waals surface area (Å²) in [5.74, 6) is -2.54. The number of ether oxygens (including phenoxy) is 4. The average Bonchev–Trinajstić information content (AvgIpc) is 4.09. The summed E-state index contributed by atoms with van der Waals surface area (Å²) in [6.07, 6.45) is 3.65. The molecule has 8 rings (SSSR count). The van der Waals surface area contributed by atoms with E-state index in [0.717, 1.165) is 4.90 Å². The standard InChI is InChI=1S/C51H57N9O14/c1-4-51(70)34-20-37-44-32(23-60(37)47(66)33(34)25-71-48(51)67)31(30-19-38-39(74-26-73-38)21-36(30)56-44)22-54-50(69)72-24-28-11-13-29(14-12-28)55-45(64)35(9-8-17-53-49(52)68)57-46(65)43(27(2)3)58-40(61)10-6-5-7-18-59-41(62)15-16-42(59)63/h11-16,19-21,27,35,43,70H,4-10,17-18,22-26H2,1-3H3,(H,54,69)(H,55,64)(H,57,65)(H,58,61)(H3,52,53,68)/t35-,43-,51-/m0/s1. The van der Waals surface area contributed by atoms with E-state index in [1.165, 1.54) is 16.7 Å². The number of fused-ring (bicyclic) bond motifs is 6. The highest BCUT2D eigenvalue weighted by molar-refractivity contribution is 6.12. The van der Waals surface area contributed by atoms with Gasteiger partial charge in [-0.25, -0.2) is 19.4 Å². The fraction of sp³-hybridized carbons (Fsp3) is 0.412. The number of cyclic esters (lactones) is 1. The number of pyridine rings is 2. The molecule has 0 fully saturated rings. The van der Waals surface area contributed by atoms with Gasteiger partial charge in [-0.2, -0.15) is 0 Å². The van der Waals surface area contributed by atoms with Crippen molar-refractivity contribution in [3.63, 3.8) is 0 Å². The van der Waals surface area contributed by atoms with Gasteiger partial charge >= 0.3 is 18.1 Å². The SMILES string of the molecule is CC[C@@]1(O)C(=O)OCc2c1cc1n(c2=O)Cc2c-1nc1cc3c(cc1c2CNC(=O)OCc1ccc(NC(=O)[C@H](CCCNC(N)=O)NC(=O)[C@@H](NC(=O)CCCCCN2C(=O)C=CC2=O)C(C)C)cc1)OCO3. The summed E-state index contributed by atoms with van der Waals surface area (Å²) in [5.41, 5.74) is 6.58. The Kier molecular flexibility index (Phi) is 15.6.